The molecule has 9 aromatic carbocycles. The summed E-state index contributed by atoms with van der Waals surface area (Å²) in [6, 6.07) is 69.1. The lowest BCUT2D eigenvalue weighted by molar-refractivity contribution is 0.802. The number of hydrogen-bond donors (Lipinski definition) is 0. The van der Waals surface area contributed by atoms with Gasteiger partial charge in [0.2, 0.25) is 0 Å². The number of hydrogen-bond acceptors (Lipinski definition) is 2. The fourth-order valence-corrected chi connectivity index (χ4v) is 12.5. The van der Waals surface area contributed by atoms with Crippen LogP contribution in [0.4, 0.5) is 0 Å². The molecule has 0 saturated heterocycles. The summed E-state index contributed by atoms with van der Waals surface area (Å²) < 4.78 is 5.34. The van der Waals surface area contributed by atoms with E-state index < -0.39 is 5.41 Å². The van der Waals surface area contributed by atoms with E-state index in [2.05, 4.69) is 182 Å². The predicted octanol–water partition coefficient (Wildman–Crippen LogP) is 15.3. The molecular weight excluding hydrogens is 701 g/mol. The fraction of sp³-hybridized carbons (Fsp3) is 0.0189. The quantitative estimate of drug-likeness (QED) is 0.166. The minimum atomic E-state index is -0.479. The van der Waals surface area contributed by atoms with Crippen LogP contribution >= 0.6 is 22.7 Å². The van der Waals surface area contributed by atoms with E-state index in [0.29, 0.717) is 0 Å². The molecule has 0 amide bonds. The van der Waals surface area contributed by atoms with Crippen LogP contribution in [-0.2, 0) is 5.41 Å². The lowest BCUT2D eigenvalue weighted by Crippen LogP contribution is -2.26. The van der Waals surface area contributed by atoms with Crippen molar-refractivity contribution in [1.29, 1.82) is 0 Å². The third-order valence-electron chi connectivity index (χ3n) is 12.5. The van der Waals surface area contributed by atoms with Gasteiger partial charge in [-0.05, 0) is 114 Å². The van der Waals surface area contributed by atoms with E-state index in [-0.39, 0.29) is 0 Å². The molecule has 1 spiro atoms. The van der Waals surface area contributed by atoms with Crippen LogP contribution in [0.15, 0.2) is 182 Å². The van der Waals surface area contributed by atoms with Crippen molar-refractivity contribution in [1.82, 2.24) is 0 Å². The molecule has 0 saturated carbocycles. The van der Waals surface area contributed by atoms with Crippen LogP contribution in [-0.4, -0.2) is 0 Å². The van der Waals surface area contributed by atoms with Gasteiger partial charge < -0.3 is 0 Å². The normalized spacial score (nSPS) is 13.6. The molecule has 11 aromatic rings. The highest BCUT2D eigenvalue weighted by Crippen LogP contribution is 2.66. The molecule has 2 aromatic heterocycles. The van der Waals surface area contributed by atoms with E-state index in [1.165, 1.54) is 118 Å². The van der Waals surface area contributed by atoms with Gasteiger partial charge in [-0.25, -0.2) is 0 Å². The third kappa shape index (κ3) is 3.90. The van der Waals surface area contributed by atoms with Crippen molar-refractivity contribution in [2.75, 3.05) is 0 Å². The molecular formula is C53H30S2. The molecule has 0 radical (unpaired) electrons. The van der Waals surface area contributed by atoms with E-state index in [9.17, 15) is 0 Å². The average molecular weight is 731 g/mol. The maximum atomic E-state index is 2.54. The third-order valence-corrected chi connectivity index (χ3v) is 14.7. The van der Waals surface area contributed by atoms with E-state index in [4.69, 9.17) is 0 Å². The smallest absolute Gasteiger partial charge is 0.0731 e. The van der Waals surface area contributed by atoms with Crippen LogP contribution in [0, 0.1) is 0 Å². The number of rotatable bonds is 2. The molecule has 2 aliphatic carbocycles. The first-order valence-electron chi connectivity index (χ1n) is 19.0. The van der Waals surface area contributed by atoms with Crippen molar-refractivity contribution >= 4 is 73.8 Å². The van der Waals surface area contributed by atoms with Crippen LogP contribution in [0.2, 0.25) is 0 Å². The van der Waals surface area contributed by atoms with Crippen LogP contribution in [0.25, 0.3) is 95.6 Å². The van der Waals surface area contributed by atoms with Gasteiger partial charge in [-0.1, -0.05) is 146 Å². The van der Waals surface area contributed by atoms with E-state index in [1.807, 2.05) is 22.7 Å². The largest absolute Gasteiger partial charge is 0.135 e. The maximum Gasteiger partial charge on any atom is 0.0731 e. The molecule has 0 aliphatic heterocycles. The molecule has 13 rings (SSSR count). The van der Waals surface area contributed by atoms with Gasteiger partial charge in [0.25, 0.3) is 0 Å². The Labute approximate surface area is 326 Å². The van der Waals surface area contributed by atoms with Crippen molar-refractivity contribution < 1.29 is 0 Å². The Morgan fingerprint density at radius 2 is 0.818 bits per heavy atom. The summed E-state index contributed by atoms with van der Waals surface area (Å²) in [5.74, 6) is 0. The summed E-state index contributed by atoms with van der Waals surface area (Å²) in [6.45, 7) is 0. The maximum absolute atomic E-state index is 2.54. The Balaban J connectivity index is 1.15. The monoisotopic (exact) mass is 730 g/mol. The van der Waals surface area contributed by atoms with Crippen molar-refractivity contribution in [2.45, 2.75) is 5.41 Å². The summed E-state index contributed by atoms with van der Waals surface area (Å²) in [4.78, 5) is 0. The van der Waals surface area contributed by atoms with Crippen molar-refractivity contribution in [3.8, 4) is 44.5 Å². The molecule has 0 nitrogen and oxygen atoms in total. The second-order valence-corrected chi connectivity index (χ2v) is 17.3. The molecule has 0 atom stereocenters. The van der Waals surface area contributed by atoms with Gasteiger partial charge in [-0.2, -0.15) is 0 Å². The van der Waals surface area contributed by atoms with Gasteiger partial charge >= 0.3 is 0 Å². The number of thiophene rings is 2. The summed E-state index contributed by atoms with van der Waals surface area (Å²) in [5, 5.41) is 7.93. The molecule has 2 heterocycles. The predicted molar refractivity (Wildman–Crippen MR) is 237 cm³/mol. The zero-order valence-corrected chi connectivity index (χ0v) is 31.3. The molecule has 2 aliphatic rings. The SMILES string of the molecule is c1ccc2c(c1)-c1ccccc1C21c2cc(-c3ccc4c(c3)sc3ccccc34)ccc2-c2c(-c3ccc4c(c3)sc3ccccc34)cc3ccccc3c21. The summed E-state index contributed by atoms with van der Waals surface area (Å²) in [6.07, 6.45) is 0. The lowest BCUT2D eigenvalue weighted by Gasteiger charge is -2.32. The lowest BCUT2D eigenvalue weighted by atomic mass is 9.69. The summed E-state index contributed by atoms with van der Waals surface area (Å²) in [7, 11) is 0. The van der Waals surface area contributed by atoms with Crippen molar-refractivity contribution in [3.05, 3.63) is 204 Å². The van der Waals surface area contributed by atoms with Gasteiger partial charge in [0.05, 0.1) is 5.41 Å². The molecule has 0 fully saturated rings. The van der Waals surface area contributed by atoms with Crippen LogP contribution in [0.3, 0.4) is 0 Å². The van der Waals surface area contributed by atoms with E-state index in [0.717, 1.165) is 0 Å². The van der Waals surface area contributed by atoms with Crippen LogP contribution < -0.4 is 0 Å². The molecule has 0 N–H and O–H groups in total. The second-order valence-electron chi connectivity index (χ2n) is 15.1. The molecule has 254 valence electrons. The highest BCUT2D eigenvalue weighted by atomic mass is 32.1. The minimum absolute atomic E-state index is 0.479. The Hall–Kier alpha value is -6.32. The van der Waals surface area contributed by atoms with Gasteiger partial charge in [0, 0.05) is 40.3 Å². The standard InChI is InChI=1S/C53H30S2/c1-2-12-35-33(11-1)27-43(34-23-25-41-39-16-6-10-20-48(39)55-50(41)30-34)51-42-26-22-31(32-21-24-40-38-15-5-9-19-47(38)54-49(40)29-32)28-46(42)53(52(35)51)44-17-7-3-13-36(44)37-14-4-8-18-45(37)53/h1-30H. The van der Waals surface area contributed by atoms with Gasteiger partial charge in [-0.3, -0.25) is 0 Å². The Kier molecular flexibility index (Phi) is 5.95. The Bertz CT molecular complexity index is 3400. The zero-order valence-electron chi connectivity index (χ0n) is 29.6. The molecule has 55 heavy (non-hydrogen) atoms. The fourth-order valence-electron chi connectivity index (χ4n) is 10.2. The van der Waals surface area contributed by atoms with Crippen LogP contribution in [0.5, 0.6) is 0 Å². The zero-order chi connectivity index (χ0) is 35.8. The van der Waals surface area contributed by atoms with Gasteiger partial charge in [0.15, 0.2) is 0 Å². The first-order valence-corrected chi connectivity index (χ1v) is 20.6. The van der Waals surface area contributed by atoms with Crippen molar-refractivity contribution in [3.63, 3.8) is 0 Å². The molecule has 0 unspecified atom stereocenters. The van der Waals surface area contributed by atoms with Gasteiger partial charge in [-0.15, -0.1) is 22.7 Å². The second kappa shape index (κ2) is 10.9. The van der Waals surface area contributed by atoms with E-state index >= 15 is 0 Å². The summed E-state index contributed by atoms with van der Waals surface area (Å²) in [5.41, 5.74) is 15.4. The summed E-state index contributed by atoms with van der Waals surface area (Å²) >= 11 is 3.79. The van der Waals surface area contributed by atoms with Crippen molar-refractivity contribution in [2.24, 2.45) is 0 Å². The average Bonchev–Trinajstić information content (AvgIpc) is 3.98. The highest BCUT2D eigenvalue weighted by Gasteiger charge is 2.53. The highest BCUT2D eigenvalue weighted by molar-refractivity contribution is 7.26. The van der Waals surface area contributed by atoms with Crippen LogP contribution in [0.1, 0.15) is 22.3 Å². The Morgan fingerprint density at radius 3 is 1.51 bits per heavy atom. The minimum Gasteiger partial charge on any atom is -0.135 e. The van der Waals surface area contributed by atoms with Gasteiger partial charge in [0.1, 0.15) is 0 Å². The number of fused-ring (bicyclic) bond motifs is 18. The Morgan fingerprint density at radius 1 is 0.309 bits per heavy atom. The topological polar surface area (TPSA) is 0 Å². The first-order chi connectivity index (χ1) is 27.3. The first kappa shape index (κ1) is 30.1. The number of benzene rings is 9. The molecule has 2 heteroatoms. The molecule has 0 bridgehead atoms. The van der Waals surface area contributed by atoms with E-state index in [1.54, 1.807) is 0 Å².